The predicted octanol–water partition coefficient (Wildman–Crippen LogP) is 4.10. The highest BCUT2D eigenvalue weighted by atomic mass is 32.1. The number of nitrogens with one attached hydrogen (secondary N) is 1. The van der Waals surface area contributed by atoms with Crippen molar-refractivity contribution in [3.05, 3.63) is 49.8 Å². The molecule has 0 fully saturated rings. The van der Waals surface area contributed by atoms with E-state index in [1.54, 1.807) is 17.4 Å². The van der Waals surface area contributed by atoms with Gasteiger partial charge in [-0.1, -0.05) is 6.92 Å². The summed E-state index contributed by atoms with van der Waals surface area (Å²) in [6, 6.07) is 5.41. The minimum Gasteiger partial charge on any atom is -0.363 e. The summed E-state index contributed by atoms with van der Waals surface area (Å²) in [5.74, 6) is 0.646. The average molecular weight is 291 g/mol. The van der Waals surface area contributed by atoms with Gasteiger partial charge in [-0.25, -0.2) is 4.98 Å². The first-order valence-corrected chi connectivity index (χ1v) is 7.29. The molecule has 20 heavy (non-hydrogen) atoms. The molecule has 2 heterocycles. The second kappa shape index (κ2) is 6.00. The number of hydrogen-bond donors (Lipinski definition) is 1. The van der Waals surface area contributed by atoms with E-state index < -0.39 is 4.92 Å². The van der Waals surface area contributed by atoms with Crippen LogP contribution in [-0.4, -0.2) is 9.91 Å². The van der Waals surface area contributed by atoms with Gasteiger partial charge in [-0.05, 0) is 38.0 Å². The summed E-state index contributed by atoms with van der Waals surface area (Å²) < 4.78 is 0. The molecule has 2 rings (SSSR count). The van der Waals surface area contributed by atoms with Crippen molar-refractivity contribution in [3.63, 3.8) is 0 Å². The van der Waals surface area contributed by atoms with Crippen LogP contribution in [0.1, 0.15) is 35.2 Å². The van der Waals surface area contributed by atoms with E-state index in [4.69, 9.17) is 0 Å². The highest BCUT2D eigenvalue weighted by Crippen LogP contribution is 2.29. The third-order valence-corrected chi connectivity index (χ3v) is 4.67. The predicted molar refractivity (Wildman–Crippen MR) is 81.4 cm³/mol. The minimum absolute atomic E-state index is 0.00319. The van der Waals surface area contributed by atoms with Crippen LogP contribution in [0.5, 0.6) is 0 Å². The number of anilines is 1. The Morgan fingerprint density at radius 2 is 2.25 bits per heavy atom. The van der Waals surface area contributed by atoms with Crippen molar-refractivity contribution in [1.29, 1.82) is 0 Å². The Balaban J connectivity index is 2.10. The number of aryl methyl sites for hydroxylation is 2. The zero-order chi connectivity index (χ0) is 14.7. The molecule has 1 N–H and O–H groups in total. The fourth-order valence-electron chi connectivity index (χ4n) is 1.98. The van der Waals surface area contributed by atoms with E-state index in [0.29, 0.717) is 5.82 Å². The van der Waals surface area contributed by atoms with Crippen LogP contribution in [0.25, 0.3) is 0 Å². The molecule has 2 aromatic heterocycles. The van der Waals surface area contributed by atoms with Crippen LogP contribution in [0, 0.1) is 17.0 Å². The minimum atomic E-state index is -0.448. The molecule has 0 saturated heterocycles. The van der Waals surface area contributed by atoms with Crippen molar-refractivity contribution in [1.82, 2.24) is 4.98 Å². The van der Waals surface area contributed by atoms with Gasteiger partial charge in [0.15, 0.2) is 0 Å². The number of nitro groups is 1. The van der Waals surface area contributed by atoms with Crippen molar-refractivity contribution in [2.45, 2.75) is 33.2 Å². The van der Waals surface area contributed by atoms with Gasteiger partial charge < -0.3 is 5.32 Å². The van der Waals surface area contributed by atoms with Crippen molar-refractivity contribution in [2.75, 3.05) is 5.32 Å². The molecule has 0 aliphatic carbocycles. The average Bonchev–Trinajstić information content (AvgIpc) is 2.80. The number of thiophene rings is 1. The maximum absolute atomic E-state index is 10.6. The van der Waals surface area contributed by atoms with Gasteiger partial charge in [0, 0.05) is 15.8 Å². The van der Waals surface area contributed by atoms with E-state index in [1.807, 2.05) is 0 Å². The molecule has 0 radical (unpaired) electrons. The Labute approximate surface area is 121 Å². The Morgan fingerprint density at radius 1 is 1.50 bits per heavy atom. The Kier molecular flexibility index (Phi) is 4.34. The molecule has 0 bridgehead atoms. The molecule has 5 nitrogen and oxygen atoms in total. The molecule has 1 atom stereocenters. The second-order valence-electron chi connectivity index (χ2n) is 4.63. The second-order valence-corrected chi connectivity index (χ2v) is 5.80. The fourth-order valence-corrected chi connectivity index (χ4v) is 3.10. The van der Waals surface area contributed by atoms with Crippen LogP contribution in [-0.2, 0) is 6.42 Å². The number of hydrogen-bond acceptors (Lipinski definition) is 5. The molecule has 1 unspecified atom stereocenters. The van der Waals surface area contributed by atoms with Crippen LogP contribution < -0.4 is 5.32 Å². The lowest BCUT2D eigenvalue weighted by atomic mass is 10.2. The molecule has 0 aliphatic heterocycles. The van der Waals surface area contributed by atoms with Gasteiger partial charge in [0.1, 0.15) is 12.0 Å². The van der Waals surface area contributed by atoms with Crippen molar-refractivity contribution in [2.24, 2.45) is 0 Å². The Morgan fingerprint density at radius 3 is 2.75 bits per heavy atom. The third kappa shape index (κ3) is 3.14. The van der Waals surface area contributed by atoms with Gasteiger partial charge in [-0.3, -0.25) is 10.1 Å². The van der Waals surface area contributed by atoms with E-state index in [0.717, 1.165) is 6.42 Å². The highest BCUT2D eigenvalue weighted by Gasteiger charge is 2.12. The zero-order valence-electron chi connectivity index (χ0n) is 11.7. The van der Waals surface area contributed by atoms with Crippen molar-refractivity contribution >= 4 is 22.8 Å². The van der Waals surface area contributed by atoms with Gasteiger partial charge in [-0.2, -0.15) is 0 Å². The van der Waals surface area contributed by atoms with E-state index in [9.17, 15) is 10.1 Å². The topological polar surface area (TPSA) is 68.1 Å². The molecule has 106 valence electrons. The molecule has 0 amide bonds. The SMILES string of the molecule is CCc1sc(C(C)Nc2ccc([N+](=O)[O-])cn2)cc1C. The standard InChI is InChI=1S/C14H17N3O2S/c1-4-12-9(2)7-13(20-12)10(3)16-14-6-5-11(8-15-14)17(18)19/h5-8,10H,4H2,1-3H3,(H,15,16). The molecule has 0 spiro atoms. The normalized spacial score (nSPS) is 12.2. The number of aromatic nitrogens is 1. The maximum atomic E-state index is 10.6. The first-order valence-electron chi connectivity index (χ1n) is 6.47. The van der Waals surface area contributed by atoms with Gasteiger partial charge >= 0.3 is 0 Å². The summed E-state index contributed by atoms with van der Waals surface area (Å²) in [5.41, 5.74) is 1.32. The lowest BCUT2D eigenvalue weighted by Gasteiger charge is -2.12. The van der Waals surface area contributed by atoms with Crippen LogP contribution in [0.2, 0.25) is 0 Å². The molecule has 0 aliphatic rings. The van der Waals surface area contributed by atoms with Crippen LogP contribution >= 0.6 is 11.3 Å². The lowest BCUT2D eigenvalue weighted by molar-refractivity contribution is -0.385. The number of nitrogens with zero attached hydrogens (tertiary/aromatic N) is 2. The summed E-state index contributed by atoms with van der Waals surface area (Å²) in [6.07, 6.45) is 2.31. The van der Waals surface area contributed by atoms with Crippen molar-refractivity contribution in [3.8, 4) is 0 Å². The Hall–Kier alpha value is -1.95. The van der Waals surface area contributed by atoms with Crippen LogP contribution in [0.15, 0.2) is 24.4 Å². The summed E-state index contributed by atoms with van der Waals surface area (Å²) in [4.78, 5) is 16.8. The molecule has 0 aromatic carbocycles. The fraction of sp³-hybridized carbons (Fsp3) is 0.357. The smallest absolute Gasteiger partial charge is 0.287 e. The molecule has 6 heteroatoms. The van der Waals surface area contributed by atoms with E-state index in [2.05, 4.69) is 37.1 Å². The van der Waals surface area contributed by atoms with Gasteiger partial charge in [0.05, 0.1) is 11.0 Å². The van der Waals surface area contributed by atoms with Crippen LogP contribution in [0.3, 0.4) is 0 Å². The summed E-state index contributed by atoms with van der Waals surface area (Å²) in [5, 5.41) is 13.8. The molecular weight excluding hydrogens is 274 g/mol. The first kappa shape index (κ1) is 14.5. The van der Waals surface area contributed by atoms with Crippen LogP contribution in [0.4, 0.5) is 11.5 Å². The number of rotatable bonds is 5. The first-order chi connectivity index (χ1) is 9.51. The quantitative estimate of drug-likeness (QED) is 0.665. The molecular formula is C14H17N3O2S. The lowest BCUT2D eigenvalue weighted by Crippen LogP contribution is -2.06. The third-order valence-electron chi connectivity index (χ3n) is 3.11. The van der Waals surface area contributed by atoms with Gasteiger partial charge in [0.25, 0.3) is 5.69 Å². The number of pyridine rings is 1. The van der Waals surface area contributed by atoms with E-state index >= 15 is 0 Å². The highest BCUT2D eigenvalue weighted by molar-refractivity contribution is 7.12. The summed E-state index contributed by atoms with van der Waals surface area (Å²) >= 11 is 1.80. The molecule has 2 aromatic rings. The van der Waals surface area contributed by atoms with E-state index in [1.165, 1.54) is 27.6 Å². The van der Waals surface area contributed by atoms with Crippen molar-refractivity contribution < 1.29 is 4.92 Å². The zero-order valence-corrected chi connectivity index (χ0v) is 12.5. The summed E-state index contributed by atoms with van der Waals surface area (Å²) in [7, 11) is 0. The van der Waals surface area contributed by atoms with E-state index in [-0.39, 0.29) is 11.7 Å². The largest absolute Gasteiger partial charge is 0.363 e. The van der Waals surface area contributed by atoms with Gasteiger partial charge in [0.2, 0.25) is 0 Å². The Bertz CT molecular complexity index is 607. The summed E-state index contributed by atoms with van der Waals surface area (Å²) in [6.45, 7) is 6.34. The van der Waals surface area contributed by atoms with Gasteiger partial charge in [-0.15, -0.1) is 11.3 Å². The molecule has 0 saturated carbocycles. The maximum Gasteiger partial charge on any atom is 0.287 e. The monoisotopic (exact) mass is 291 g/mol.